The minimum absolute atomic E-state index is 0.0915. The van der Waals surface area contributed by atoms with Crippen LogP contribution in [0.3, 0.4) is 0 Å². The third-order valence-electron chi connectivity index (χ3n) is 4.72. The summed E-state index contributed by atoms with van der Waals surface area (Å²) in [7, 11) is 1.89. The molecule has 2 unspecified atom stereocenters. The lowest BCUT2D eigenvalue weighted by Gasteiger charge is -2.19. The van der Waals surface area contributed by atoms with Crippen molar-refractivity contribution in [1.29, 1.82) is 0 Å². The van der Waals surface area contributed by atoms with Gasteiger partial charge in [0.05, 0.1) is 17.0 Å². The maximum Gasteiger partial charge on any atom is 0.224 e. The molecule has 3 aromatic rings. The average molecular weight is 354 g/mol. The Morgan fingerprint density at radius 1 is 1.27 bits per heavy atom. The molecule has 0 aliphatic heterocycles. The molecule has 0 fully saturated rings. The van der Waals surface area contributed by atoms with Crippen LogP contribution in [0, 0.1) is 11.7 Å². The van der Waals surface area contributed by atoms with E-state index in [4.69, 9.17) is 5.73 Å². The van der Waals surface area contributed by atoms with Crippen molar-refractivity contribution in [2.75, 3.05) is 6.54 Å². The lowest BCUT2D eigenvalue weighted by atomic mass is 9.95. The molecule has 0 bridgehead atoms. The van der Waals surface area contributed by atoms with Crippen molar-refractivity contribution in [3.63, 3.8) is 0 Å². The smallest absolute Gasteiger partial charge is 0.224 e. The van der Waals surface area contributed by atoms with Gasteiger partial charge < -0.3 is 15.6 Å². The molecular weight excluding hydrogens is 331 g/mol. The topological polar surface area (TPSA) is 72.9 Å². The number of nitrogens with two attached hydrogens (primary N) is 1. The van der Waals surface area contributed by atoms with Gasteiger partial charge in [-0.15, -0.1) is 0 Å². The third kappa shape index (κ3) is 3.75. The van der Waals surface area contributed by atoms with Gasteiger partial charge in [-0.05, 0) is 17.7 Å². The summed E-state index contributed by atoms with van der Waals surface area (Å²) >= 11 is 0. The van der Waals surface area contributed by atoms with Crippen LogP contribution in [0.1, 0.15) is 24.4 Å². The third-order valence-corrected chi connectivity index (χ3v) is 4.72. The highest BCUT2D eigenvalue weighted by atomic mass is 19.1. The van der Waals surface area contributed by atoms with Crippen molar-refractivity contribution in [2.45, 2.75) is 19.4 Å². The number of imidazole rings is 1. The molecule has 1 aromatic heterocycles. The molecule has 1 amide bonds. The van der Waals surface area contributed by atoms with Gasteiger partial charge in [0, 0.05) is 32.1 Å². The highest BCUT2D eigenvalue weighted by Crippen LogP contribution is 2.19. The molecule has 3 N–H and O–H groups in total. The number of hydrogen-bond donors (Lipinski definition) is 2. The standard InChI is InChI=1S/C20H23FN4O/c1-13(19(22)14-6-4-3-5-7-14)20(26)23-11-10-18-24-16-12-15(21)8-9-17(16)25(18)2/h3-9,12-13,19H,10-11,22H2,1-2H3,(H,23,26). The quantitative estimate of drug-likeness (QED) is 0.715. The zero-order valence-electron chi connectivity index (χ0n) is 14.9. The number of fused-ring (bicyclic) bond motifs is 1. The predicted octanol–water partition coefficient (Wildman–Crippen LogP) is 2.71. The summed E-state index contributed by atoms with van der Waals surface area (Å²) in [4.78, 5) is 16.8. The van der Waals surface area contributed by atoms with Crippen molar-refractivity contribution in [3.05, 3.63) is 65.7 Å². The van der Waals surface area contributed by atoms with Crippen molar-refractivity contribution in [3.8, 4) is 0 Å². The Morgan fingerprint density at radius 2 is 2.00 bits per heavy atom. The Labute approximate surface area is 152 Å². The summed E-state index contributed by atoms with van der Waals surface area (Å²) in [6.45, 7) is 2.27. The number of amides is 1. The number of carbonyl (C=O) groups is 1. The molecule has 0 radical (unpaired) electrons. The fraction of sp³-hybridized carbons (Fsp3) is 0.300. The molecule has 5 nitrogen and oxygen atoms in total. The highest BCUT2D eigenvalue weighted by Gasteiger charge is 2.21. The van der Waals surface area contributed by atoms with Crippen LogP contribution in [0.5, 0.6) is 0 Å². The number of hydrogen-bond acceptors (Lipinski definition) is 3. The highest BCUT2D eigenvalue weighted by molar-refractivity contribution is 5.79. The molecule has 0 aliphatic carbocycles. The monoisotopic (exact) mass is 354 g/mol. The van der Waals surface area contributed by atoms with E-state index < -0.39 is 0 Å². The van der Waals surface area contributed by atoms with Crippen LogP contribution >= 0.6 is 0 Å². The van der Waals surface area contributed by atoms with E-state index in [9.17, 15) is 9.18 Å². The van der Waals surface area contributed by atoms with Crippen LogP contribution < -0.4 is 11.1 Å². The second kappa shape index (κ2) is 7.66. The summed E-state index contributed by atoms with van der Waals surface area (Å²) in [5, 5.41) is 2.92. The maximum atomic E-state index is 13.3. The Kier molecular flexibility index (Phi) is 5.32. The molecule has 6 heteroatoms. The number of nitrogens with zero attached hydrogens (tertiary/aromatic N) is 2. The van der Waals surface area contributed by atoms with Crippen molar-refractivity contribution < 1.29 is 9.18 Å². The van der Waals surface area contributed by atoms with Crippen LogP contribution in [0.15, 0.2) is 48.5 Å². The SMILES string of the molecule is CC(C(=O)NCCc1nc2cc(F)ccc2n1C)C(N)c1ccccc1. The molecule has 2 atom stereocenters. The summed E-state index contributed by atoms with van der Waals surface area (Å²) in [6, 6.07) is 13.8. The van der Waals surface area contributed by atoms with E-state index >= 15 is 0 Å². The molecule has 3 rings (SSSR count). The zero-order chi connectivity index (χ0) is 18.7. The Bertz CT molecular complexity index is 907. The molecule has 0 saturated heterocycles. The molecule has 136 valence electrons. The van der Waals surface area contributed by atoms with Gasteiger partial charge in [0.1, 0.15) is 11.6 Å². The van der Waals surface area contributed by atoms with Gasteiger partial charge in [-0.2, -0.15) is 0 Å². The maximum absolute atomic E-state index is 13.3. The summed E-state index contributed by atoms with van der Waals surface area (Å²) in [5.41, 5.74) is 8.62. The minimum atomic E-state index is -0.352. The second-order valence-corrected chi connectivity index (χ2v) is 6.49. The summed E-state index contributed by atoms with van der Waals surface area (Å²) < 4.78 is 15.2. The van der Waals surface area contributed by atoms with Crippen molar-refractivity contribution in [2.24, 2.45) is 18.7 Å². The van der Waals surface area contributed by atoms with E-state index in [0.717, 1.165) is 16.9 Å². The molecule has 1 heterocycles. The van der Waals surface area contributed by atoms with Crippen LogP contribution in [-0.4, -0.2) is 22.0 Å². The lowest BCUT2D eigenvalue weighted by Crippen LogP contribution is -2.36. The first-order chi connectivity index (χ1) is 12.5. The van der Waals surface area contributed by atoms with Gasteiger partial charge >= 0.3 is 0 Å². The van der Waals surface area contributed by atoms with Crippen LogP contribution in [0.2, 0.25) is 0 Å². The fourth-order valence-corrected chi connectivity index (χ4v) is 3.03. The molecule has 26 heavy (non-hydrogen) atoms. The number of halogens is 1. The largest absolute Gasteiger partial charge is 0.355 e. The van der Waals surface area contributed by atoms with Crippen molar-refractivity contribution >= 4 is 16.9 Å². The van der Waals surface area contributed by atoms with E-state index in [1.165, 1.54) is 12.1 Å². The van der Waals surface area contributed by atoms with E-state index in [1.807, 2.05) is 48.9 Å². The second-order valence-electron chi connectivity index (χ2n) is 6.49. The van der Waals surface area contributed by atoms with Gasteiger partial charge in [-0.1, -0.05) is 37.3 Å². The van der Waals surface area contributed by atoms with Crippen LogP contribution in [-0.2, 0) is 18.3 Å². The molecule has 0 saturated carbocycles. The van der Waals surface area contributed by atoms with Crippen molar-refractivity contribution in [1.82, 2.24) is 14.9 Å². The fourth-order valence-electron chi connectivity index (χ4n) is 3.03. The number of nitrogens with one attached hydrogen (secondary N) is 1. The lowest BCUT2D eigenvalue weighted by molar-refractivity contribution is -0.125. The van der Waals surface area contributed by atoms with Gasteiger partial charge in [0.2, 0.25) is 5.91 Å². The molecule has 2 aromatic carbocycles. The predicted molar refractivity (Wildman–Crippen MR) is 99.9 cm³/mol. The summed E-state index contributed by atoms with van der Waals surface area (Å²) in [5.74, 6) is 0.0585. The number of benzene rings is 2. The first-order valence-electron chi connectivity index (χ1n) is 8.66. The average Bonchev–Trinajstić information content (AvgIpc) is 2.96. The van der Waals surface area contributed by atoms with E-state index in [-0.39, 0.29) is 23.7 Å². The Morgan fingerprint density at radius 3 is 2.73 bits per heavy atom. The van der Waals surface area contributed by atoms with E-state index in [1.54, 1.807) is 6.07 Å². The number of rotatable bonds is 6. The van der Waals surface area contributed by atoms with Crippen LogP contribution in [0.25, 0.3) is 11.0 Å². The first kappa shape index (κ1) is 18.1. The number of aryl methyl sites for hydroxylation is 1. The van der Waals surface area contributed by atoms with Crippen LogP contribution in [0.4, 0.5) is 4.39 Å². The molecule has 0 spiro atoms. The van der Waals surface area contributed by atoms with Gasteiger partial charge in [-0.25, -0.2) is 9.37 Å². The van der Waals surface area contributed by atoms with Gasteiger partial charge in [0.25, 0.3) is 0 Å². The minimum Gasteiger partial charge on any atom is -0.355 e. The zero-order valence-corrected chi connectivity index (χ0v) is 14.9. The molecular formula is C20H23FN4O. The number of aromatic nitrogens is 2. The van der Waals surface area contributed by atoms with Gasteiger partial charge in [0.15, 0.2) is 0 Å². The normalized spacial score (nSPS) is 13.5. The first-order valence-corrected chi connectivity index (χ1v) is 8.66. The Balaban J connectivity index is 1.59. The van der Waals surface area contributed by atoms with Gasteiger partial charge in [-0.3, -0.25) is 4.79 Å². The summed E-state index contributed by atoms with van der Waals surface area (Å²) in [6.07, 6.45) is 0.561. The number of carbonyl (C=O) groups excluding carboxylic acids is 1. The van der Waals surface area contributed by atoms with E-state index in [2.05, 4.69) is 10.3 Å². The molecule has 0 aliphatic rings. The Hall–Kier alpha value is -2.73. The van der Waals surface area contributed by atoms with E-state index in [0.29, 0.717) is 18.5 Å².